The van der Waals surface area contributed by atoms with Gasteiger partial charge in [0.25, 0.3) is 0 Å². The Kier molecular flexibility index (Phi) is 4.85. The van der Waals surface area contributed by atoms with Gasteiger partial charge in [0, 0.05) is 6.08 Å². The third kappa shape index (κ3) is 5.75. The lowest BCUT2D eigenvalue weighted by molar-refractivity contribution is -0.156. The van der Waals surface area contributed by atoms with Crippen molar-refractivity contribution in [2.45, 2.75) is 52.4 Å². The van der Waals surface area contributed by atoms with Crippen LogP contribution in [-0.2, 0) is 14.3 Å². The van der Waals surface area contributed by atoms with Crippen LogP contribution in [0.15, 0.2) is 12.7 Å². The van der Waals surface area contributed by atoms with Crippen molar-refractivity contribution in [2.24, 2.45) is 0 Å². The maximum Gasteiger partial charge on any atom is 0.330 e. The summed E-state index contributed by atoms with van der Waals surface area (Å²) in [5.41, 5.74) is -0.228. The minimum Gasteiger partial charge on any atom is -0.457 e. The largest absolute Gasteiger partial charge is 0.457 e. The van der Waals surface area contributed by atoms with E-state index in [1.54, 1.807) is 6.92 Å². The van der Waals surface area contributed by atoms with Crippen LogP contribution in [0.3, 0.4) is 0 Å². The van der Waals surface area contributed by atoms with Crippen LogP contribution in [-0.4, -0.2) is 23.8 Å². The number of carbonyl (C=O) groups excluding carboxylic acids is 1. The molecule has 0 spiro atoms. The molecule has 3 nitrogen and oxygen atoms in total. The molecule has 2 atom stereocenters. The molecule has 0 fully saturated rings. The van der Waals surface area contributed by atoms with Crippen molar-refractivity contribution in [3.05, 3.63) is 12.7 Å². The van der Waals surface area contributed by atoms with E-state index in [4.69, 9.17) is 9.47 Å². The van der Waals surface area contributed by atoms with E-state index >= 15 is 0 Å². The van der Waals surface area contributed by atoms with Crippen LogP contribution in [0.2, 0.25) is 0 Å². The summed E-state index contributed by atoms with van der Waals surface area (Å²) in [6, 6.07) is 0. The van der Waals surface area contributed by atoms with E-state index in [9.17, 15) is 4.79 Å². The Labute approximate surface area is 86.1 Å². The molecule has 0 aliphatic heterocycles. The van der Waals surface area contributed by atoms with Crippen LogP contribution >= 0.6 is 0 Å². The number of hydrogen-bond acceptors (Lipinski definition) is 3. The Morgan fingerprint density at radius 1 is 1.29 bits per heavy atom. The highest BCUT2D eigenvalue weighted by Gasteiger charge is 2.22. The standard InChI is InChI=1S/C11H20O3/c1-7-10(12)13-8(2)9(3)14-11(4,5)6/h7-9H,1H2,2-6H3. The molecule has 0 heterocycles. The van der Waals surface area contributed by atoms with Crippen molar-refractivity contribution >= 4 is 5.97 Å². The maximum absolute atomic E-state index is 10.9. The summed E-state index contributed by atoms with van der Waals surface area (Å²) in [6.45, 7) is 12.9. The minimum atomic E-state index is -0.415. The van der Waals surface area contributed by atoms with E-state index in [-0.39, 0.29) is 17.8 Å². The minimum absolute atomic E-state index is 0.126. The van der Waals surface area contributed by atoms with E-state index in [0.29, 0.717) is 0 Å². The highest BCUT2D eigenvalue weighted by atomic mass is 16.6. The Morgan fingerprint density at radius 3 is 2.14 bits per heavy atom. The van der Waals surface area contributed by atoms with Crippen molar-refractivity contribution in [3.8, 4) is 0 Å². The molecular formula is C11H20O3. The molecule has 0 radical (unpaired) electrons. The molecule has 0 aliphatic carbocycles. The summed E-state index contributed by atoms with van der Waals surface area (Å²) < 4.78 is 10.7. The van der Waals surface area contributed by atoms with Crippen LogP contribution in [0.4, 0.5) is 0 Å². The van der Waals surface area contributed by atoms with Crippen molar-refractivity contribution in [3.63, 3.8) is 0 Å². The third-order valence-corrected chi connectivity index (χ3v) is 1.67. The second-order valence-corrected chi connectivity index (χ2v) is 4.28. The summed E-state index contributed by atoms with van der Waals surface area (Å²) in [5, 5.41) is 0. The normalized spacial score (nSPS) is 15.8. The molecule has 0 N–H and O–H groups in total. The molecule has 82 valence electrons. The highest BCUT2D eigenvalue weighted by Crippen LogP contribution is 2.14. The van der Waals surface area contributed by atoms with Gasteiger partial charge in [0.2, 0.25) is 0 Å². The average Bonchev–Trinajstić information content (AvgIpc) is 2.00. The Balaban J connectivity index is 4.05. The van der Waals surface area contributed by atoms with E-state index in [1.165, 1.54) is 0 Å². The van der Waals surface area contributed by atoms with E-state index in [0.717, 1.165) is 6.08 Å². The first kappa shape index (κ1) is 13.2. The summed E-state index contributed by atoms with van der Waals surface area (Å²) in [7, 11) is 0. The zero-order valence-corrected chi connectivity index (χ0v) is 9.66. The van der Waals surface area contributed by atoms with E-state index in [1.807, 2.05) is 27.7 Å². The van der Waals surface area contributed by atoms with Crippen LogP contribution in [0.1, 0.15) is 34.6 Å². The fraction of sp³-hybridized carbons (Fsp3) is 0.727. The van der Waals surface area contributed by atoms with Gasteiger partial charge in [0.15, 0.2) is 0 Å². The SMILES string of the molecule is C=CC(=O)OC(C)C(C)OC(C)(C)C. The highest BCUT2D eigenvalue weighted by molar-refractivity contribution is 5.81. The number of carbonyl (C=O) groups is 1. The maximum atomic E-state index is 10.9. The molecule has 0 aliphatic rings. The predicted octanol–water partition coefficient (Wildman–Crippen LogP) is 2.31. The van der Waals surface area contributed by atoms with Gasteiger partial charge in [-0.15, -0.1) is 0 Å². The van der Waals surface area contributed by atoms with Crippen molar-refractivity contribution in [2.75, 3.05) is 0 Å². The van der Waals surface area contributed by atoms with Crippen LogP contribution in [0.25, 0.3) is 0 Å². The Hall–Kier alpha value is -0.830. The summed E-state index contributed by atoms with van der Waals surface area (Å²) in [6.07, 6.45) is 0.763. The molecule has 0 aromatic carbocycles. The predicted molar refractivity (Wildman–Crippen MR) is 56.1 cm³/mol. The number of esters is 1. The molecule has 0 aromatic heterocycles. The zero-order valence-electron chi connectivity index (χ0n) is 9.66. The van der Waals surface area contributed by atoms with Gasteiger partial charge >= 0.3 is 5.97 Å². The first-order valence-electron chi connectivity index (χ1n) is 4.77. The van der Waals surface area contributed by atoms with Gasteiger partial charge in [0.05, 0.1) is 11.7 Å². The topological polar surface area (TPSA) is 35.5 Å². The van der Waals surface area contributed by atoms with Gasteiger partial charge in [-0.05, 0) is 34.6 Å². The van der Waals surface area contributed by atoms with Crippen molar-refractivity contribution in [1.29, 1.82) is 0 Å². The molecule has 0 bridgehead atoms. The first-order chi connectivity index (χ1) is 6.26. The molecule has 0 saturated carbocycles. The second kappa shape index (κ2) is 5.15. The van der Waals surface area contributed by atoms with Crippen LogP contribution < -0.4 is 0 Å². The average molecular weight is 200 g/mol. The molecule has 0 aromatic rings. The zero-order chi connectivity index (χ0) is 11.4. The number of rotatable bonds is 4. The molecule has 0 saturated heterocycles. The van der Waals surface area contributed by atoms with Crippen molar-refractivity contribution < 1.29 is 14.3 Å². The smallest absolute Gasteiger partial charge is 0.330 e. The lowest BCUT2D eigenvalue weighted by atomic mass is 10.1. The lowest BCUT2D eigenvalue weighted by Gasteiger charge is -2.28. The molecule has 0 rings (SSSR count). The van der Waals surface area contributed by atoms with Gasteiger partial charge in [-0.3, -0.25) is 0 Å². The van der Waals surface area contributed by atoms with Gasteiger partial charge < -0.3 is 9.47 Å². The van der Waals surface area contributed by atoms with Crippen LogP contribution in [0.5, 0.6) is 0 Å². The van der Waals surface area contributed by atoms with Gasteiger partial charge in [-0.1, -0.05) is 6.58 Å². The van der Waals surface area contributed by atoms with Crippen LogP contribution in [0, 0.1) is 0 Å². The first-order valence-corrected chi connectivity index (χ1v) is 4.77. The quantitative estimate of drug-likeness (QED) is 0.516. The molecule has 0 amide bonds. The Morgan fingerprint density at radius 2 is 1.79 bits per heavy atom. The fourth-order valence-electron chi connectivity index (χ4n) is 0.981. The monoisotopic (exact) mass is 200 g/mol. The Bertz CT molecular complexity index is 203. The van der Waals surface area contributed by atoms with Gasteiger partial charge in [-0.2, -0.15) is 0 Å². The third-order valence-electron chi connectivity index (χ3n) is 1.67. The number of ether oxygens (including phenoxy) is 2. The lowest BCUT2D eigenvalue weighted by Crippen LogP contribution is -2.34. The van der Waals surface area contributed by atoms with Gasteiger partial charge in [-0.25, -0.2) is 4.79 Å². The number of hydrogen-bond donors (Lipinski definition) is 0. The molecule has 14 heavy (non-hydrogen) atoms. The van der Waals surface area contributed by atoms with Gasteiger partial charge in [0.1, 0.15) is 6.10 Å². The molecule has 3 heteroatoms. The summed E-state index contributed by atoms with van der Waals surface area (Å²) in [4.78, 5) is 10.9. The summed E-state index contributed by atoms with van der Waals surface area (Å²) >= 11 is 0. The molecular weight excluding hydrogens is 180 g/mol. The van der Waals surface area contributed by atoms with E-state index in [2.05, 4.69) is 6.58 Å². The van der Waals surface area contributed by atoms with Crippen molar-refractivity contribution in [1.82, 2.24) is 0 Å². The van der Waals surface area contributed by atoms with E-state index < -0.39 is 5.97 Å². The summed E-state index contributed by atoms with van der Waals surface area (Å²) in [5.74, 6) is -0.415. The molecule has 2 unspecified atom stereocenters. The second-order valence-electron chi connectivity index (χ2n) is 4.28. The fourth-order valence-corrected chi connectivity index (χ4v) is 0.981.